The highest BCUT2D eigenvalue weighted by Gasteiger charge is 2.03. The Hall–Kier alpha value is -1.24. The maximum atomic E-state index is 5.10. The van der Waals surface area contributed by atoms with Gasteiger partial charge in [-0.3, -0.25) is 0 Å². The standard InChI is InChI=1S/C19H34N4OS/c1-6-20-19(21-10-7-11-23(3)12-13-24-4)22-15-17-9-8-16(2)14-18(17)25-5/h8-9,14H,6-7,10-13,15H2,1-5H3,(H2,20,21,22). The lowest BCUT2D eigenvalue weighted by molar-refractivity contribution is 0.161. The Morgan fingerprint density at radius 3 is 2.76 bits per heavy atom. The van der Waals surface area contributed by atoms with Gasteiger partial charge in [-0.1, -0.05) is 12.1 Å². The number of guanidine groups is 1. The van der Waals surface area contributed by atoms with E-state index in [0.717, 1.165) is 45.2 Å². The second-order valence-corrected chi connectivity index (χ2v) is 6.93. The maximum absolute atomic E-state index is 5.10. The smallest absolute Gasteiger partial charge is 0.191 e. The van der Waals surface area contributed by atoms with Crippen molar-refractivity contribution >= 4 is 17.7 Å². The Bertz CT molecular complexity index is 522. The summed E-state index contributed by atoms with van der Waals surface area (Å²) in [6.07, 6.45) is 3.19. The van der Waals surface area contributed by atoms with Crippen molar-refractivity contribution in [1.82, 2.24) is 15.5 Å². The lowest BCUT2D eigenvalue weighted by atomic mass is 10.1. The molecule has 1 aromatic carbocycles. The van der Waals surface area contributed by atoms with Crippen LogP contribution >= 0.6 is 11.8 Å². The average Bonchev–Trinajstić information content (AvgIpc) is 2.61. The van der Waals surface area contributed by atoms with Crippen LogP contribution in [0.5, 0.6) is 0 Å². The molecule has 0 aliphatic carbocycles. The summed E-state index contributed by atoms with van der Waals surface area (Å²) in [5.74, 6) is 0.884. The zero-order chi connectivity index (χ0) is 18.5. The Morgan fingerprint density at radius 2 is 2.08 bits per heavy atom. The number of aliphatic imine (C=N–C) groups is 1. The van der Waals surface area contributed by atoms with Gasteiger partial charge in [0, 0.05) is 31.6 Å². The lowest BCUT2D eigenvalue weighted by Gasteiger charge is -2.17. The molecular weight excluding hydrogens is 332 g/mol. The highest BCUT2D eigenvalue weighted by Crippen LogP contribution is 2.22. The van der Waals surface area contributed by atoms with E-state index in [1.807, 2.05) is 0 Å². The number of rotatable bonds is 11. The fraction of sp³-hybridized carbons (Fsp3) is 0.632. The Kier molecular flexibility index (Phi) is 11.4. The topological polar surface area (TPSA) is 48.9 Å². The molecule has 6 heteroatoms. The molecule has 0 fully saturated rings. The molecule has 142 valence electrons. The van der Waals surface area contributed by atoms with Crippen LogP contribution in [0.2, 0.25) is 0 Å². The van der Waals surface area contributed by atoms with Crippen molar-refractivity contribution in [2.75, 3.05) is 53.2 Å². The molecule has 0 aromatic heterocycles. The van der Waals surface area contributed by atoms with Gasteiger partial charge in [-0.2, -0.15) is 0 Å². The molecule has 0 radical (unpaired) electrons. The summed E-state index contributed by atoms with van der Waals surface area (Å²) in [5, 5.41) is 6.75. The molecule has 0 saturated heterocycles. The van der Waals surface area contributed by atoms with Crippen LogP contribution in [-0.2, 0) is 11.3 Å². The first kappa shape index (κ1) is 21.8. The Labute approximate surface area is 157 Å². The number of ether oxygens (including phenoxy) is 1. The highest BCUT2D eigenvalue weighted by molar-refractivity contribution is 7.98. The van der Waals surface area contributed by atoms with Gasteiger partial charge in [0.1, 0.15) is 0 Å². The number of nitrogens with zero attached hydrogens (tertiary/aromatic N) is 2. The number of likely N-dealkylation sites (N-methyl/N-ethyl adjacent to an activating group) is 1. The summed E-state index contributed by atoms with van der Waals surface area (Å²) in [5.41, 5.74) is 2.56. The minimum atomic E-state index is 0.694. The SMILES string of the molecule is CCNC(=NCc1ccc(C)cc1SC)NCCCN(C)CCOC. The van der Waals surface area contributed by atoms with E-state index in [4.69, 9.17) is 9.73 Å². The molecule has 0 bridgehead atoms. The molecule has 0 unspecified atom stereocenters. The molecule has 0 amide bonds. The van der Waals surface area contributed by atoms with Crippen LogP contribution in [-0.4, -0.2) is 64.1 Å². The van der Waals surface area contributed by atoms with Crippen molar-refractivity contribution < 1.29 is 4.74 Å². The van der Waals surface area contributed by atoms with E-state index in [0.29, 0.717) is 6.54 Å². The largest absolute Gasteiger partial charge is 0.383 e. The Morgan fingerprint density at radius 1 is 1.28 bits per heavy atom. The number of hydrogen-bond donors (Lipinski definition) is 2. The lowest BCUT2D eigenvalue weighted by Crippen LogP contribution is -2.38. The van der Waals surface area contributed by atoms with E-state index in [-0.39, 0.29) is 0 Å². The third kappa shape index (κ3) is 9.14. The third-order valence-corrected chi connectivity index (χ3v) is 4.70. The van der Waals surface area contributed by atoms with Crippen LogP contribution in [0, 0.1) is 6.92 Å². The fourth-order valence-corrected chi connectivity index (χ4v) is 3.10. The molecule has 0 heterocycles. The quantitative estimate of drug-likeness (QED) is 0.273. The molecule has 0 aliphatic heterocycles. The number of nitrogens with one attached hydrogen (secondary N) is 2. The first-order chi connectivity index (χ1) is 12.1. The first-order valence-corrected chi connectivity index (χ1v) is 10.2. The summed E-state index contributed by atoms with van der Waals surface area (Å²) in [6.45, 7) is 9.48. The van der Waals surface area contributed by atoms with Crippen LogP contribution in [0.15, 0.2) is 28.1 Å². The van der Waals surface area contributed by atoms with E-state index in [1.54, 1.807) is 18.9 Å². The summed E-state index contributed by atoms with van der Waals surface area (Å²) < 4.78 is 5.10. The van der Waals surface area contributed by atoms with Crippen molar-refractivity contribution in [1.29, 1.82) is 0 Å². The van der Waals surface area contributed by atoms with Crippen LogP contribution in [0.1, 0.15) is 24.5 Å². The minimum absolute atomic E-state index is 0.694. The number of benzene rings is 1. The molecule has 0 spiro atoms. The molecule has 1 rings (SSSR count). The van der Waals surface area contributed by atoms with Gasteiger partial charge in [-0.05, 0) is 57.3 Å². The molecule has 0 saturated carbocycles. The number of hydrogen-bond acceptors (Lipinski definition) is 4. The van der Waals surface area contributed by atoms with Crippen molar-refractivity contribution in [3.05, 3.63) is 29.3 Å². The second kappa shape index (κ2) is 13.0. The van der Waals surface area contributed by atoms with Crippen LogP contribution in [0.3, 0.4) is 0 Å². The molecule has 1 aromatic rings. The Balaban J connectivity index is 2.49. The van der Waals surface area contributed by atoms with E-state index >= 15 is 0 Å². The van der Waals surface area contributed by atoms with Gasteiger partial charge in [0.25, 0.3) is 0 Å². The van der Waals surface area contributed by atoms with Gasteiger partial charge in [0.05, 0.1) is 13.2 Å². The van der Waals surface area contributed by atoms with Gasteiger partial charge in [-0.15, -0.1) is 11.8 Å². The third-order valence-electron chi connectivity index (χ3n) is 3.88. The molecular formula is C19H34N4OS. The van der Waals surface area contributed by atoms with Crippen molar-refractivity contribution in [3.8, 4) is 0 Å². The van der Waals surface area contributed by atoms with Crippen molar-refractivity contribution in [2.24, 2.45) is 4.99 Å². The van der Waals surface area contributed by atoms with Gasteiger partial charge in [0.15, 0.2) is 5.96 Å². The van der Waals surface area contributed by atoms with E-state index in [2.05, 4.69) is 60.9 Å². The average molecular weight is 367 g/mol. The van der Waals surface area contributed by atoms with E-state index < -0.39 is 0 Å². The molecule has 5 nitrogen and oxygen atoms in total. The summed E-state index contributed by atoms with van der Waals surface area (Å²) >= 11 is 1.78. The number of thioether (sulfide) groups is 1. The first-order valence-electron chi connectivity index (χ1n) is 8.93. The van der Waals surface area contributed by atoms with E-state index in [1.165, 1.54) is 16.0 Å². The zero-order valence-electron chi connectivity index (χ0n) is 16.4. The highest BCUT2D eigenvalue weighted by atomic mass is 32.2. The summed E-state index contributed by atoms with van der Waals surface area (Å²) in [4.78, 5) is 8.32. The predicted molar refractivity (Wildman–Crippen MR) is 110 cm³/mol. The zero-order valence-corrected chi connectivity index (χ0v) is 17.2. The van der Waals surface area contributed by atoms with Gasteiger partial charge >= 0.3 is 0 Å². The maximum Gasteiger partial charge on any atom is 0.191 e. The second-order valence-electron chi connectivity index (χ2n) is 6.09. The minimum Gasteiger partial charge on any atom is -0.383 e. The van der Waals surface area contributed by atoms with Crippen molar-refractivity contribution in [3.63, 3.8) is 0 Å². The van der Waals surface area contributed by atoms with Gasteiger partial charge in [-0.25, -0.2) is 4.99 Å². The number of methoxy groups -OCH3 is 1. The fourth-order valence-electron chi connectivity index (χ4n) is 2.40. The summed E-state index contributed by atoms with van der Waals surface area (Å²) in [7, 11) is 3.87. The van der Waals surface area contributed by atoms with Gasteiger partial charge in [0.2, 0.25) is 0 Å². The van der Waals surface area contributed by atoms with Crippen LogP contribution < -0.4 is 10.6 Å². The predicted octanol–water partition coefficient (Wildman–Crippen LogP) is 2.74. The van der Waals surface area contributed by atoms with Gasteiger partial charge < -0.3 is 20.3 Å². The monoisotopic (exact) mass is 366 g/mol. The van der Waals surface area contributed by atoms with Crippen LogP contribution in [0.4, 0.5) is 0 Å². The normalized spacial score (nSPS) is 11.8. The molecule has 25 heavy (non-hydrogen) atoms. The summed E-state index contributed by atoms with van der Waals surface area (Å²) in [6, 6.07) is 6.56. The molecule has 0 aliphatic rings. The van der Waals surface area contributed by atoms with Crippen LogP contribution in [0.25, 0.3) is 0 Å². The molecule has 2 N–H and O–H groups in total. The molecule has 0 atom stereocenters. The van der Waals surface area contributed by atoms with E-state index in [9.17, 15) is 0 Å². The number of aryl methyl sites for hydroxylation is 1. The van der Waals surface area contributed by atoms with Crippen molar-refractivity contribution in [2.45, 2.75) is 31.7 Å².